The van der Waals surface area contributed by atoms with Gasteiger partial charge in [-0.1, -0.05) is 26.2 Å². The fourth-order valence-electron chi connectivity index (χ4n) is 0.703. The summed E-state index contributed by atoms with van der Waals surface area (Å²) in [5.74, 6) is -1.68. The van der Waals surface area contributed by atoms with E-state index in [4.69, 9.17) is 10.2 Å². The van der Waals surface area contributed by atoms with Crippen molar-refractivity contribution in [2.24, 2.45) is 0 Å². The minimum absolute atomic E-state index is 0. The van der Waals surface area contributed by atoms with Crippen LogP contribution in [0.3, 0.4) is 0 Å². The van der Waals surface area contributed by atoms with Gasteiger partial charge in [0.25, 0.3) is 0 Å². The molecular weight excluding hydrogens is 470 g/mol. The van der Waals surface area contributed by atoms with E-state index in [1.165, 1.54) is 6.42 Å². The second-order valence-corrected chi connectivity index (χ2v) is 9.77. The molecule has 2 N–H and O–H groups in total. The van der Waals surface area contributed by atoms with E-state index in [2.05, 4.69) is 54.7 Å². The van der Waals surface area contributed by atoms with Crippen molar-refractivity contribution in [1.82, 2.24) is 0 Å². The van der Waals surface area contributed by atoms with Crippen molar-refractivity contribution in [2.75, 3.05) is 0 Å². The van der Waals surface area contributed by atoms with Crippen LogP contribution in [0.4, 0.5) is 0 Å². The van der Waals surface area contributed by atoms with E-state index >= 15 is 0 Å². The summed E-state index contributed by atoms with van der Waals surface area (Å²) in [5, 5.41) is 16.3. The summed E-state index contributed by atoms with van der Waals surface area (Å²) in [6, 6.07) is 0. The van der Waals surface area contributed by atoms with Gasteiger partial charge in [0.1, 0.15) is 0 Å². The summed E-state index contributed by atoms with van der Waals surface area (Å²) in [6.07, 6.45) is 4.55. The van der Waals surface area contributed by atoms with Crippen LogP contribution in [0.2, 0.25) is 0 Å². The third kappa shape index (κ3) is 22.5. The predicted molar refractivity (Wildman–Crippen MR) is 73.5 cm³/mol. The van der Waals surface area contributed by atoms with Crippen LogP contribution in [-0.2, 0) is 26.1 Å². The summed E-state index contributed by atoms with van der Waals surface area (Å²) in [4.78, 5) is 19.8. The number of hydrogen-bond acceptors (Lipinski definition) is 2. The van der Waals surface area contributed by atoms with E-state index in [-0.39, 0.29) is 16.5 Å². The van der Waals surface area contributed by atoms with Gasteiger partial charge >= 0.3 is 11.9 Å². The van der Waals surface area contributed by atoms with E-state index in [0.717, 1.165) is 19.3 Å². The molecule has 0 aromatic heterocycles. The van der Waals surface area contributed by atoms with Crippen molar-refractivity contribution >= 4 is 59.7 Å². The molecule has 0 unspecified atom stereocenters. The summed E-state index contributed by atoms with van der Waals surface area (Å²) < 4.78 is -1.15. The van der Waals surface area contributed by atoms with Gasteiger partial charge < -0.3 is 10.2 Å². The smallest absolute Gasteiger partial charge is 0.342 e. The maximum absolute atomic E-state index is 9.96. The Hall–Kier alpha value is 0.874. The first kappa shape index (κ1) is 23.0. The number of carboxylic acid groups (broad SMARTS) is 2. The van der Waals surface area contributed by atoms with Crippen molar-refractivity contribution in [3.63, 3.8) is 0 Å². The minimum Gasteiger partial charge on any atom is -0.481 e. The Morgan fingerprint density at radius 2 is 1.47 bits per heavy atom. The number of unbranched alkanes of at least 4 members (excludes halogenated alkanes) is 3. The molecule has 0 spiro atoms. The van der Waals surface area contributed by atoms with Crippen LogP contribution in [0.25, 0.3) is 0 Å². The Balaban J connectivity index is -0.000000224. The molecule has 0 amide bonds. The second-order valence-electron chi connectivity index (χ2n) is 3.01. The van der Waals surface area contributed by atoms with Crippen molar-refractivity contribution in [1.29, 1.82) is 0 Å². The molecule has 0 radical (unpaired) electrons. The molecule has 0 atom stereocenters. The molecular formula is C9H15Br3NiO4. The molecule has 0 fully saturated rings. The Bertz CT molecular complexity index is 219. The van der Waals surface area contributed by atoms with Crippen molar-refractivity contribution in [3.8, 4) is 0 Å². The minimum atomic E-state index is -1.15. The van der Waals surface area contributed by atoms with Gasteiger partial charge in [-0.3, -0.25) is 4.79 Å². The normalized spacial score (nSPS) is 9.65. The summed E-state index contributed by atoms with van der Waals surface area (Å²) in [6.45, 7) is 2.11. The average molecular weight is 486 g/mol. The molecule has 0 bridgehead atoms. The Morgan fingerprint density at radius 3 is 1.71 bits per heavy atom. The molecule has 0 aromatic carbocycles. The molecule has 0 aromatic rings. The van der Waals surface area contributed by atoms with Gasteiger partial charge in [-0.2, -0.15) is 0 Å². The third-order valence-electron chi connectivity index (χ3n) is 1.49. The Kier molecular flexibility index (Phi) is 18.0. The molecule has 0 aliphatic rings. The van der Waals surface area contributed by atoms with Crippen LogP contribution in [0.1, 0.15) is 39.0 Å². The molecule has 8 heteroatoms. The molecule has 0 rings (SSSR count). The molecule has 0 heterocycles. The van der Waals surface area contributed by atoms with E-state index in [1.807, 2.05) is 0 Å². The van der Waals surface area contributed by atoms with Crippen LogP contribution < -0.4 is 0 Å². The maximum atomic E-state index is 9.96. The van der Waals surface area contributed by atoms with Crippen LogP contribution in [-0.4, -0.2) is 24.3 Å². The summed E-state index contributed by atoms with van der Waals surface area (Å²) in [7, 11) is 0. The largest absolute Gasteiger partial charge is 0.481 e. The monoisotopic (exact) mass is 482 g/mol. The first-order valence-electron chi connectivity index (χ1n) is 4.73. The molecule has 0 aliphatic carbocycles. The standard InChI is InChI=1S/C7H14O2.C2HBr3O2.Ni/c1-2-3-4-5-6-7(8)9;3-2(4,5)1(6)7;/h2-6H2,1H3,(H,8,9);(H,6,7);. The second kappa shape index (κ2) is 13.3. The number of hydrogen-bond donors (Lipinski definition) is 2. The first-order chi connectivity index (χ1) is 7.21. The maximum Gasteiger partial charge on any atom is 0.342 e. The topological polar surface area (TPSA) is 74.6 Å². The van der Waals surface area contributed by atoms with Crippen LogP contribution >= 0.6 is 47.8 Å². The molecule has 17 heavy (non-hydrogen) atoms. The van der Waals surface area contributed by atoms with E-state index in [0.29, 0.717) is 6.42 Å². The quantitative estimate of drug-likeness (QED) is 0.351. The summed E-state index contributed by atoms with van der Waals surface area (Å²) >= 11 is 8.33. The molecule has 0 aliphatic heterocycles. The number of aliphatic carboxylic acids is 2. The van der Waals surface area contributed by atoms with Gasteiger partial charge in [0, 0.05) is 22.9 Å². The summed E-state index contributed by atoms with van der Waals surface area (Å²) in [5.41, 5.74) is 0. The zero-order chi connectivity index (χ0) is 13.2. The number of alkyl halides is 3. The van der Waals surface area contributed by atoms with Gasteiger partial charge in [0.2, 0.25) is 2.14 Å². The molecule has 4 nitrogen and oxygen atoms in total. The van der Waals surface area contributed by atoms with Gasteiger partial charge in [-0.15, -0.1) is 0 Å². The Labute approximate surface area is 136 Å². The molecule has 106 valence electrons. The number of halogens is 3. The van der Waals surface area contributed by atoms with Crippen LogP contribution in [0.5, 0.6) is 0 Å². The number of rotatable bonds is 5. The van der Waals surface area contributed by atoms with Crippen molar-refractivity contribution in [2.45, 2.75) is 41.2 Å². The van der Waals surface area contributed by atoms with Gasteiger partial charge in [0.15, 0.2) is 0 Å². The van der Waals surface area contributed by atoms with Crippen molar-refractivity contribution in [3.05, 3.63) is 0 Å². The van der Waals surface area contributed by atoms with Gasteiger partial charge in [0.05, 0.1) is 0 Å². The third-order valence-corrected chi connectivity index (χ3v) is 2.50. The first-order valence-corrected chi connectivity index (χ1v) is 7.11. The number of carboxylic acids is 2. The molecule has 0 saturated heterocycles. The van der Waals surface area contributed by atoms with Gasteiger partial charge in [-0.05, 0) is 54.2 Å². The predicted octanol–water partition coefficient (Wildman–Crippen LogP) is 3.95. The van der Waals surface area contributed by atoms with Gasteiger partial charge in [-0.25, -0.2) is 4.79 Å². The zero-order valence-corrected chi connectivity index (χ0v) is 14.9. The van der Waals surface area contributed by atoms with Crippen LogP contribution in [0, 0.1) is 0 Å². The zero-order valence-electron chi connectivity index (χ0n) is 9.20. The average Bonchev–Trinajstić information content (AvgIpc) is 2.11. The van der Waals surface area contributed by atoms with E-state index < -0.39 is 14.1 Å². The van der Waals surface area contributed by atoms with Crippen molar-refractivity contribution < 1.29 is 36.3 Å². The van der Waals surface area contributed by atoms with Crippen LogP contribution in [0.15, 0.2) is 0 Å². The SMILES string of the molecule is CCCCCCC(=O)O.O=C(O)C(Br)(Br)Br.[Ni]. The van der Waals surface area contributed by atoms with E-state index in [9.17, 15) is 9.59 Å². The molecule has 0 saturated carbocycles. The van der Waals surface area contributed by atoms with E-state index in [1.54, 1.807) is 0 Å². The Morgan fingerprint density at radius 1 is 1.06 bits per heavy atom. The number of carbonyl (C=O) groups is 2. The fourth-order valence-corrected chi connectivity index (χ4v) is 0.703. The fraction of sp³-hybridized carbons (Fsp3) is 0.778.